The van der Waals surface area contributed by atoms with Gasteiger partial charge in [0.1, 0.15) is 11.4 Å². The summed E-state index contributed by atoms with van der Waals surface area (Å²) in [5, 5.41) is 8.56. The minimum Gasteiger partial charge on any atom is -0.351 e. The number of fused-ring (bicyclic) bond motifs is 2. The lowest BCUT2D eigenvalue weighted by Crippen LogP contribution is -2.39. The Morgan fingerprint density at radius 2 is 1.88 bits per heavy atom. The molecule has 0 aromatic carbocycles. The van der Waals surface area contributed by atoms with E-state index in [1.54, 1.807) is 6.20 Å². The summed E-state index contributed by atoms with van der Waals surface area (Å²) in [6, 6.07) is 0.0765. The standard InChI is InChI=1S/C24H24ClFN6O2/c1-10-8-11(2)29-23(34)16(10)14-5-4-13-9-28-21(19(26)17(13)12(14)3)31-20-18-15(30-24(25)32-20)6-7-27-22(18)33/h9,11H,4-8H2,1-3H3,(H,27,33)(H,29,34)(H,28,30,31,32)/t11-/m1/s1. The Kier molecular flexibility index (Phi) is 5.59. The second kappa shape index (κ2) is 8.47. The van der Waals surface area contributed by atoms with Gasteiger partial charge in [0.05, 0.1) is 5.69 Å². The molecule has 0 radical (unpaired) electrons. The summed E-state index contributed by atoms with van der Waals surface area (Å²) in [7, 11) is 0. The Morgan fingerprint density at radius 3 is 2.65 bits per heavy atom. The van der Waals surface area contributed by atoms with E-state index in [0.717, 1.165) is 23.1 Å². The predicted octanol–water partition coefficient (Wildman–Crippen LogP) is 3.64. The van der Waals surface area contributed by atoms with Gasteiger partial charge in [-0.15, -0.1) is 0 Å². The van der Waals surface area contributed by atoms with Gasteiger partial charge >= 0.3 is 0 Å². The lowest BCUT2D eigenvalue weighted by molar-refractivity contribution is -0.118. The van der Waals surface area contributed by atoms with Gasteiger partial charge in [0.2, 0.25) is 5.28 Å². The summed E-state index contributed by atoms with van der Waals surface area (Å²) in [6.07, 6.45) is 4.09. The van der Waals surface area contributed by atoms with Gasteiger partial charge in [-0.2, -0.15) is 4.98 Å². The Balaban J connectivity index is 1.59. The molecule has 0 fully saturated rings. The van der Waals surface area contributed by atoms with Crippen molar-refractivity contribution < 1.29 is 14.0 Å². The van der Waals surface area contributed by atoms with E-state index < -0.39 is 5.82 Å². The van der Waals surface area contributed by atoms with Crippen molar-refractivity contribution in [2.45, 2.75) is 52.5 Å². The lowest BCUT2D eigenvalue weighted by Gasteiger charge is -2.29. The van der Waals surface area contributed by atoms with Crippen LogP contribution in [0, 0.1) is 5.82 Å². The monoisotopic (exact) mass is 482 g/mol. The molecular formula is C24H24ClFN6O2. The highest BCUT2D eigenvalue weighted by Crippen LogP contribution is 2.40. The van der Waals surface area contributed by atoms with Crippen LogP contribution < -0.4 is 16.0 Å². The molecule has 8 nitrogen and oxygen atoms in total. The van der Waals surface area contributed by atoms with Crippen LogP contribution in [-0.2, 0) is 17.6 Å². The van der Waals surface area contributed by atoms with E-state index in [1.165, 1.54) is 0 Å². The number of halogens is 2. The zero-order chi connectivity index (χ0) is 24.1. The minimum absolute atomic E-state index is 0.0346. The first-order valence-corrected chi connectivity index (χ1v) is 11.6. The second-order valence-corrected chi connectivity index (χ2v) is 9.29. The fraction of sp³-hybridized carbons (Fsp3) is 0.375. The fourth-order valence-electron chi connectivity index (χ4n) is 5.09. The van der Waals surface area contributed by atoms with Crippen molar-refractivity contribution in [2.75, 3.05) is 11.9 Å². The number of nitrogens with zero attached hydrogens (tertiary/aromatic N) is 3. The molecule has 3 aliphatic rings. The zero-order valence-corrected chi connectivity index (χ0v) is 19.9. The quantitative estimate of drug-likeness (QED) is 0.576. The molecule has 0 spiro atoms. The van der Waals surface area contributed by atoms with Crippen LogP contribution in [0.1, 0.15) is 60.8 Å². The molecule has 0 saturated carbocycles. The summed E-state index contributed by atoms with van der Waals surface area (Å²) in [5.74, 6) is -0.987. The van der Waals surface area contributed by atoms with Crippen LogP contribution in [-0.4, -0.2) is 39.4 Å². The first-order chi connectivity index (χ1) is 16.2. The van der Waals surface area contributed by atoms with Crippen molar-refractivity contribution >= 4 is 40.6 Å². The van der Waals surface area contributed by atoms with Gasteiger partial charge in [0.15, 0.2) is 11.6 Å². The Morgan fingerprint density at radius 1 is 1.09 bits per heavy atom. The molecule has 0 bridgehead atoms. The van der Waals surface area contributed by atoms with Crippen molar-refractivity contribution in [3.05, 3.63) is 56.4 Å². The normalized spacial score (nSPS) is 20.0. The molecule has 1 atom stereocenters. The van der Waals surface area contributed by atoms with Crippen LogP contribution in [0.5, 0.6) is 0 Å². The number of aryl methyl sites for hydroxylation is 1. The summed E-state index contributed by atoms with van der Waals surface area (Å²) < 4.78 is 15.9. The minimum atomic E-state index is -0.560. The van der Waals surface area contributed by atoms with Gasteiger partial charge in [0, 0.05) is 36.3 Å². The molecule has 5 rings (SSSR count). The Bertz CT molecular complexity index is 1320. The number of nitrogens with one attached hydrogen (secondary N) is 3. The SMILES string of the molecule is CC1=C(C2=C(C)c3c(cnc(Nc4nc(Cl)nc5c4C(=O)NCC5)c3F)CC2)C(=O)N[C@H](C)C1. The van der Waals surface area contributed by atoms with Crippen molar-refractivity contribution in [3.8, 4) is 0 Å². The average Bonchev–Trinajstić information content (AvgIpc) is 2.76. The molecule has 2 aromatic rings. The molecule has 0 unspecified atom stereocenters. The van der Waals surface area contributed by atoms with Gasteiger partial charge < -0.3 is 16.0 Å². The smallest absolute Gasteiger partial charge is 0.256 e. The Hall–Kier alpha value is -3.33. The van der Waals surface area contributed by atoms with Crippen LogP contribution in [0.25, 0.3) is 5.57 Å². The fourth-order valence-corrected chi connectivity index (χ4v) is 5.28. The first kappa shape index (κ1) is 22.5. The number of rotatable bonds is 3. The highest BCUT2D eigenvalue weighted by molar-refractivity contribution is 6.28. The summed E-state index contributed by atoms with van der Waals surface area (Å²) in [5.41, 5.74) is 5.15. The molecule has 34 heavy (non-hydrogen) atoms. The molecule has 4 heterocycles. The van der Waals surface area contributed by atoms with E-state index in [9.17, 15) is 9.59 Å². The number of hydrogen-bond acceptors (Lipinski definition) is 6. The van der Waals surface area contributed by atoms with Crippen LogP contribution >= 0.6 is 11.6 Å². The number of aromatic nitrogens is 3. The first-order valence-electron chi connectivity index (χ1n) is 11.2. The summed E-state index contributed by atoms with van der Waals surface area (Å²) in [4.78, 5) is 37.8. The van der Waals surface area contributed by atoms with Crippen LogP contribution in [0.15, 0.2) is 22.9 Å². The van der Waals surface area contributed by atoms with Gasteiger partial charge in [0.25, 0.3) is 11.8 Å². The van der Waals surface area contributed by atoms with E-state index >= 15 is 4.39 Å². The van der Waals surface area contributed by atoms with Crippen LogP contribution in [0.3, 0.4) is 0 Å². The second-order valence-electron chi connectivity index (χ2n) is 8.95. The van der Waals surface area contributed by atoms with E-state index in [2.05, 4.69) is 30.9 Å². The molecule has 176 valence electrons. The maximum atomic E-state index is 15.9. The number of hydrogen-bond donors (Lipinski definition) is 3. The van der Waals surface area contributed by atoms with Crippen molar-refractivity contribution in [2.24, 2.45) is 0 Å². The van der Waals surface area contributed by atoms with Gasteiger partial charge in [-0.1, -0.05) is 5.57 Å². The number of allylic oxidation sites excluding steroid dienone is 1. The van der Waals surface area contributed by atoms with Gasteiger partial charge in [-0.25, -0.2) is 14.4 Å². The van der Waals surface area contributed by atoms with E-state index in [0.29, 0.717) is 48.2 Å². The number of amides is 2. The van der Waals surface area contributed by atoms with Crippen LogP contribution in [0.2, 0.25) is 5.28 Å². The third-order valence-electron chi connectivity index (χ3n) is 6.58. The van der Waals surface area contributed by atoms with Gasteiger partial charge in [-0.05, 0) is 68.3 Å². The van der Waals surface area contributed by atoms with E-state index in [1.807, 2.05) is 20.8 Å². The Labute approximate surface area is 201 Å². The molecule has 0 saturated heterocycles. The summed E-state index contributed by atoms with van der Waals surface area (Å²) in [6.45, 7) is 6.21. The summed E-state index contributed by atoms with van der Waals surface area (Å²) >= 11 is 6.06. The number of carbonyl (C=O) groups is 2. The highest BCUT2D eigenvalue weighted by atomic mass is 35.5. The number of pyridine rings is 1. The van der Waals surface area contributed by atoms with Crippen LogP contribution in [0.4, 0.5) is 16.0 Å². The molecule has 2 aromatic heterocycles. The predicted molar refractivity (Wildman–Crippen MR) is 126 cm³/mol. The van der Waals surface area contributed by atoms with E-state index in [4.69, 9.17) is 11.6 Å². The third-order valence-corrected chi connectivity index (χ3v) is 6.75. The molecule has 2 aliphatic heterocycles. The highest BCUT2D eigenvalue weighted by Gasteiger charge is 2.31. The maximum Gasteiger partial charge on any atom is 0.256 e. The van der Waals surface area contributed by atoms with E-state index in [-0.39, 0.29) is 40.3 Å². The molecule has 2 amide bonds. The lowest BCUT2D eigenvalue weighted by atomic mass is 9.80. The molecule has 3 N–H and O–H groups in total. The topological polar surface area (TPSA) is 109 Å². The van der Waals surface area contributed by atoms with Gasteiger partial charge in [-0.3, -0.25) is 9.59 Å². The van der Waals surface area contributed by atoms with Crippen molar-refractivity contribution in [1.29, 1.82) is 0 Å². The number of carbonyl (C=O) groups excluding carboxylic acids is 2. The molecule has 1 aliphatic carbocycles. The largest absolute Gasteiger partial charge is 0.351 e. The van der Waals surface area contributed by atoms with Crippen molar-refractivity contribution in [1.82, 2.24) is 25.6 Å². The van der Waals surface area contributed by atoms with Crippen molar-refractivity contribution in [3.63, 3.8) is 0 Å². The average molecular weight is 483 g/mol. The third kappa shape index (κ3) is 3.73. The zero-order valence-electron chi connectivity index (χ0n) is 19.1. The number of anilines is 2. The maximum absolute atomic E-state index is 15.9. The molecule has 10 heteroatoms. The molecular weight excluding hydrogens is 459 g/mol.